The van der Waals surface area contributed by atoms with Crippen LogP contribution in [0.5, 0.6) is 0 Å². The van der Waals surface area contributed by atoms with Gasteiger partial charge in [0.25, 0.3) is 5.56 Å². The first kappa shape index (κ1) is 20.0. The van der Waals surface area contributed by atoms with Crippen LogP contribution in [0.1, 0.15) is 12.8 Å². The number of hydrogen-bond donors (Lipinski definition) is 3. The number of piperidine rings is 1. The van der Waals surface area contributed by atoms with E-state index in [1.165, 1.54) is 17.4 Å². The van der Waals surface area contributed by atoms with E-state index in [2.05, 4.69) is 15.3 Å². The number of rotatable bonds is 5. The van der Waals surface area contributed by atoms with Crippen molar-refractivity contribution in [1.29, 1.82) is 0 Å². The van der Waals surface area contributed by atoms with Crippen molar-refractivity contribution in [3.63, 3.8) is 0 Å². The Bertz CT molecular complexity index is 1170. The predicted molar refractivity (Wildman–Crippen MR) is 113 cm³/mol. The molecule has 10 heteroatoms. The molecule has 1 fully saturated rings. The van der Waals surface area contributed by atoms with Crippen LogP contribution in [0.4, 0.5) is 10.3 Å². The van der Waals surface area contributed by atoms with Crippen molar-refractivity contribution < 1.29 is 14.0 Å². The minimum absolute atomic E-state index is 0.179. The highest BCUT2D eigenvalue weighted by molar-refractivity contribution is 7.17. The molecule has 4 N–H and O–H groups in total. The van der Waals surface area contributed by atoms with Gasteiger partial charge < -0.3 is 16.0 Å². The number of nitrogens with one attached hydrogen (secondary N) is 2. The first-order valence-corrected chi connectivity index (χ1v) is 10.4. The molecule has 0 spiro atoms. The highest BCUT2D eigenvalue weighted by Crippen LogP contribution is 2.33. The number of nitrogens with zero attached hydrogens (tertiary/aromatic N) is 2. The van der Waals surface area contributed by atoms with Gasteiger partial charge in [-0.2, -0.15) is 0 Å². The Labute approximate surface area is 174 Å². The molecule has 0 bridgehead atoms. The van der Waals surface area contributed by atoms with Crippen LogP contribution >= 0.6 is 11.3 Å². The Balaban J connectivity index is 1.57. The van der Waals surface area contributed by atoms with Crippen molar-refractivity contribution in [3.05, 3.63) is 45.8 Å². The summed E-state index contributed by atoms with van der Waals surface area (Å²) >= 11 is 1.23. The third kappa shape index (κ3) is 3.90. The minimum atomic E-state index is -0.586. The van der Waals surface area contributed by atoms with Gasteiger partial charge in [0.2, 0.25) is 17.8 Å². The number of nitrogens with two attached hydrogens (primary N) is 1. The molecule has 0 unspecified atom stereocenters. The number of anilines is 1. The number of amides is 2. The molecule has 30 heavy (non-hydrogen) atoms. The van der Waals surface area contributed by atoms with Crippen molar-refractivity contribution in [1.82, 2.24) is 15.3 Å². The van der Waals surface area contributed by atoms with E-state index in [9.17, 15) is 18.8 Å². The van der Waals surface area contributed by atoms with Crippen LogP contribution in [-0.2, 0) is 9.59 Å². The van der Waals surface area contributed by atoms with Gasteiger partial charge in [0.1, 0.15) is 10.5 Å². The summed E-state index contributed by atoms with van der Waals surface area (Å²) in [6.07, 6.45) is 1.10. The maximum Gasteiger partial charge on any atom is 0.270 e. The predicted octanol–water partition coefficient (Wildman–Crippen LogP) is 1.61. The molecule has 0 saturated carbocycles. The maximum atomic E-state index is 14.3. The number of carbonyl (C=O) groups is 2. The summed E-state index contributed by atoms with van der Waals surface area (Å²) in [5.41, 5.74) is 6.23. The van der Waals surface area contributed by atoms with Crippen LogP contribution in [0.3, 0.4) is 0 Å². The number of primary amides is 1. The second-order valence-corrected chi connectivity index (χ2v) is 8.02. The Morgan fingerprint density at radius 1 is 1.27 bits per heavy atom. The van der Waals surface area contributed by atoms with Crippen molar-refractivity contribution in [2.24, 2.45) is 11.7 Å². The number of H-pyrrole nitrogens is 1. The molecule has 2 aromatic heterocycles. The topological polar surface area (TPSA) is 121 Å². The van der Waals surface area contributed by atoms with Gasteiger partial charge in [-0.05, 0) is 18.9 Å². The van der Waals surface area contributed by atoms with Gasteiger partial charge in [-0.25, -0.2) is 9.37 Å². The van der Waals surface area contributed by atoms with Gasteiger partial charge in [0.05, 0.1) is 12.1 Å². The number of halogens is 1. The molecule has 3 aromatic rings. The molecule has 1 aliphatic rings. The smallest absolute Gasteiger partial charge is 0.270 e. The quantitative estimate of drug-likeness (QED) is 0.569. The highest BCUT2D eigenvalue weighted by Gasteiger charge is 2.27. The van der Waals surface area contributed by atoms with Crippen LogP contribution in [0.15, 0.2) is 34.4 Å². The molecular weight excluding hydrogens is 409 g/mol. The standard InChI is InChI=1S/C20H20FN5O3S/c21-14-4-2-1-3-12(14)13-10-30-17-16(13)24-20(25-19(17)29)26-7-5-11(6-8-26)18(28)23-9-15(22)27/h1-4,10-11H,5-9H2,(H2,22,27)(H,23,28)(H,24,25,29). The average Bonchev–Trinajstić information content (AvgIpc) is 3.17. The molecule has 1 aromatic carbocycles. The van der Waals surface area contributed by atoms with Crippen LogP contribution in [0.2, 0.25) is 0 Å². The minimum Gasteiger partial charge on any atom is -0.368 e. The number of fused-ring (bicyclic) bond motifs is 1. The zero-order valence-electron chi connectivity index (χ0n) is 16.0. The molecule has 3 heterocycles. The van der Waals surface area contributed by atoms with E-state index >= 15 is 0 Å². The van der Waals surface area contributed by atoms with Gasteiger partial charge in [-0.3, -0.25) is 19.4 Å². The monoisotopic (exact) mass is 429 g/mol. The third-order valence-electron chi connectivity index (χ3n) is 5.18. The Morgan fingerprint density at radius 2 is 2.00 bits per heavy atom. The summed E-state index contributed by atoms with van der Waals surface area (Å²) in [4.78, 5) is 44.9. The highest BCUT2D eigenvalue weighted by atomic mass is 32.1. The van der Waals surface area contributed by atoms with E-state index in [-0.39, 0.29) is 29.7 Å². The number of carbonyl (C=O) groups excluding carboxylic acids is 2. The number of hydrogen-bond acceptors (Lipinski definition) is 6. The maximum absolute atomic E-state index is 14.3. The van der Waals surface area contributed by atoms with E-state index in [1.54, 1.807) is 23.6 Å². The molecule has 8 nitrogen and oxygen atoms in total. The third-order valence-corrected chi connectivity index (χ3v) is 6.15. The lowest BCUT2D eigenvalue weighted by Gasteiger charge is -2.31. The van der Waals surface area contributed by atoms with Crippen molar-refractivity contribution in [2.45, 2.75) is 12.8 Å². The Kier molecular flexibility index (Phi) is 5.49. The molecular formula is C20H20FN5O3S. The van der Waals surface area contributed by atoms with E-state index in [0.29, 0.717) is 53.2 Å². The second kappa shape index (κ2) is 8.23. The largest absolute Gasteiger partial charge is 0.368 e. The lowest BCUT2D eigenvalue weighted by molar-refractivity contribution is -0.128. The van der Waals surface area contributed by atoms with Gasteiger partial charge in [0.15, 0.2) is 0 Å². The second-order valence-electron chi connectivity index (χ2n) is 7.14. The zero-order chi connectivity index (χ0) is 21.3. The lowest BCUT2D eigenvalue weighted by atomic mass is 9.96. The number of benzene rings is 1. The van der Waals surface area contributed by atoms with Crippen molar-refractivity contribution in [3.8, 4) is 11.1 Å². The fraction of sp³-hybridized carbons (Fsp3) is 0.300. The molecule has 2 amide bonds. The van der Waals surface area contributed by atoms with Crippen LogP contribution in [0, 0.1) is 11.7 Å². The fourth-order valence-corrected chi connectivity index (χ4v) is 4.51. The number of thiophene rings is 1. The number of aromatic amines is 1. The summed E-state index contributed by atoms with van der Waals surface area (Å²) in [5, 5.41) is 4.27. The first-order chi connectivity index (χ1) is 14.4. The van der Waals surface area contributed by atoms with E-state index in [1.807, 2.05) is 4.90 Å². The average molecular weight is 429 g/mol. The molecule has 0 radical (unpaired) electrons. The van der Waals surface area contributed by atoms with Gasteiger partial charge in [-0.1, -0.05) is 18.2 Å². The SMILES string of the molecule is NC(=O)CNC(=O)C1CCN(c2nc3c(-c4ccccc4F)csc3c(=O)[nH]2)CC1. The molecule has 156 valence electrons. The summed E-state index contributed by atoms with van der Waals surface area (Å²) in [7, 11) is 0. The van der Waals surface area contributed by atoms with Gasteiger partial charge >= 0.3 is 0 Å². The first-order valence-electron chi connectivity index (χ1n) is 9.51. The molecule has 4 rings (SSSR count). The van der Waals surface area contributed by atoms with Crippen LogP contribution < -0.4 is 21.5 Å². The lowest BCUT2D eigenvalue weighted by Crippen LogP contribution is -2.43. The molecule has 0 atom stereocenters. The van der Waals surface area contributed by atoms with Crippen molar-refractivity contribution in [2.75, 3.05) is 24.5 Å². The summed E-state index contributed by atoms with van der Waals surface area (Å²) in [5.74, 6) is -0.989. The zero-order valence-corrected chi connectivity index (χ0v) is 16.8. The summed E-state index contributed by atoms with van der Waals surface area (Å²) in [6, 6.07) is 6.39. The van der Waals surface area contributed by atoms with Gasteiger partial charge in [-0.15, -0.1) is 11.3 Å². The van der Waals surface area contributed by atoms with Gasteiger partial charge in [0, 0.05) is 35.5 Å². The fourth-order valence-electron chi connectivity index (χ4n) is 3.61. The van der Waals surface area contributed by atoms with Crippen molar-refractivity contribution >= 4 is 39.3 Å². The summed E-state index contributed by atoms with van der Waals surface area (Å²) in [6.45, 7) is 0.853. The normalized spacial score (nSPS) is 14.8. The van der Waals surface area contributed by atoms with E-state index < -0.39 is 5.91 Å². The molecule has 0 aliphatic carbocycles. The van der Waals surface area contributed by atoms with Crippen LogP contribution in [0.25, 0.3) is 21.3 Å². The Morgan fingerprint density at radius 3 is 2.70 bits per heavy atom. The summed E-state index contributed by atoms with van der Waals surface area (Å²) < 4.78 is 14.7. The van der Waals surface area contributed by atoms with E-state index in [4.69, 9.17) is 5.73 Å². The molecule has 1 aliphatic heterocycles. The van der Waals surface area contributed by atoms with Crippen LogP contribution in [-0.4, -0.2) is 41.4 Å². The Hall–Kier alpha value is -3.27. The van der Waals surface area contributed by atoms with E-state index in [0.717, 1.165) is 0 Å². The molecule has 1 saturated heterocycles. The number of aromatic nitrogens is 2.